The minimum atomic E-state index is 0.986. The molecule has 0 saturated heterocycles. The third-order valence-electron chi connectivity index (χ3n) is 1.32. The standard InChI is InChI=1S/C9H11NS/c1-3-5-6-9-8(4-2)10-7-11-9/h4-7H,2-3H2,1H3/b6-5-. The smallest absolute Gasteiger partial charge is 0.0806 e. The first-order chi connectivity index (χ1) is 5.38. The second-order valence-corrected chi connectivity index (χ2v) is 3.00. The molecule has 0 N–H and O–H groups in total. The van der Waals surface area contributed by atoms with Gasteiger partial charge in [-0.3, -0.25) is 0 Å². The fourth-order valence-electron chi connectivity index (χ4n) is 0.767. The van der Waals surface area contributed by atoms with E-state index >= 15 is 0 Å². The molecule has 0 radical (unpaired) electrons. The van der Waals surface area contributed by atoms with Crippen LogP contribution in [0.1, 0.15) is 23.9 Å². The lowest BCUT2D eigenvalue weighted by Gasteiger charge is -1.86. The van der Waals surface area contributed by atoms with E-state index in [2.05, 4.69) is 30.6 Å². The van der Waals surface area contributed by atoms with Gasteiger partial charge in [0.2, 0.25) is 0 Å². The summed E-state index contributed by atoms with van der Waals surface area (Å²) in [4.78, 5) is 5.33. The van der Waals surface area contributed by atoms with Crippen molar-refractivity contribution in [1.82, 2.24) is 4.98 Å². The molecule has 0 atom stereocenters. The number of nitrogens with zero attached hydrogens (tertiary/aromatic N) is 1. The average Bonchev–Trinajstić information content (AvgIpc) is 2.47. The number of allylic oxidation sites excluding steroid dienone is 1. The average molecular weight is 165 g/mol. The van der Waals surface area contributed by atoms with Crippen molar-refractivity contribution in [3.63, 3.8) is 0 Å². The van der Waals surface area contributed by atoms with Crippen LogP contribution >= 0.6 is 11.3 Å². The van der Waals surface area contributed by atoms with Crippen LogP contribution < -0.4 is 0 Å². The summed E-state index contributed by atoms with van der Waals surface area (Å²) in [5.74, 6) is 0. The Balaban J connectivity index is 2.84. The van der Waals surface area contributed by atoms with Crippen molar-refractivity contribution in [3.8, 4) is 0 Å². The third-order valence-corrected chi connectivity index (χ3v) is 2.13. The van der Waals surface area contributed by atoms with Gasteiger partial charge in [-0.1, -0.05) is 19.6 Å². The molecule has 0 aliphatic carbocycles. The summed E-state index contributed by atoms with van der Waals surface area (Å²) in [6.45, 7) is 5.80. The molecule has 0 aliphatic rings. The molecule has 1 nitrogen and oxygen atoms in total. The van der Waals surface area contributed by atoms with Gasteiger partial charge in [0.25, 0.3) is 0 Å². The van der Waals surface area contributed by atoms with Crippen molar-refractivity contribution in [2.45, 2.75) is 13.3 Å². The molecule has 1 heterocycles. The van der Waals surface area contributed by atoms with E-state index in [1.165, 1.54) is 4.88 Å². The minimum Gasteiger partial charge on any atom is -0.245 e. The van der Waals surface area contributed by atoms with Crippen molar-refractivity contribution in [1.29, 1.82) is 0 Å². The molecule has 0 aliphatic heterocycles. The zero-order valence-electron chi connectivity index (χ0n) is 6.58. The first-order valence-corrected chi connectivity index (χ1v) is 4.49. The maximum atomic E-state index is 4.14. The maximum absolute atomic E-state index is 4.14. The maximum Gasteiger partial charge on any atom is 0.0806 e. The second kappa shape index (κ2) is 4.09. The van der Waals surface area contributed by atoms with Gasteiger partial charge in [-0.05, 0) is 18.6 Å². The van der Waals surface area contributed by atoms with E-state index in [1.807, 2.05) is 5.51 Å². The van der Waals surface area contributed by atoms with Crippen molar-refractivity contribution in [2.75, 3.05) is 0 Å². The summed E-state index contributed by atoms with van der Waals surface area (Å²) in [7, 11) is 0. The van der Waals surface area contributed by atoms with Gasteiger partial charge in [-0.15, -0.1) is 11.3 Å². The van der Waals surface area contributed by atoms with Gasteiger partial charge in [-0.25, -0.2) is 4.98 Å². The topological polar surface area (TPSA) is 12.9 Å². The zero-order chi connectivity index (χ0) is 8.10. The number of aromatic nitrogens is 1. The number of hydrogen-bond acceptors (Lipinski definition) is 2. The van der Waals surface area contributed by atoms with Crippen LogP contribution in [0.2, 0.25) is 0 Å². The van der Waals surface area contributed by atoms with E-state index in [9.17, 15) is 0 Å². The molecule has 58 valence electrons. The monoisotopic (exact) mass is 165 g/mol. The molecule has 0 aromatic carbocycles. The van der Waals surface area contributed by atoms with E-state index in [1.54, 1.807) is 17.4 Å². The molecule has 11 heavy (non-hydrogen) atoms. The van der Waals surface area contributed by atoms with Gasteiger partial charge < -0.3 is 0 Å². The summed E-state index contributed by atoms with van der Waals surface area (Å²) < 4.78 is 0. The third kappa shape index (κ3) is 2.02. The SMILES string of the molecule is C=Cc1ncsc1/C=C\CC. The lowest BCUT2D eigenvalue weighted by molar-refractivity contribution is 1.23. The van der Waals surface area contributed by atoms with E-state index in [4.69, 9.17) is 0 Å². The van der Waals surface area contributed by atoms with E-state index in [-0.39, 0.29) is 0 Å². The van der Waals surface area contributed by atoms with Crippen molar-refractivity contribution in [3.05, 3.63) is 28.7 Å². The number of thiazole rings is 1. The molecule has 0 saturated carbocycles. The first kappa shape index (κ1) is 8.21. The summed E-state index contributed by atoms with van der Waals surface area (Å²) in [6, 6.07) is 0. The molecule has 0 spiro atoms. The largest absolute Gasteiger partial charge is 0.245 e. The van der Waals surface area contributed by atoms with Gasteiger partial charge in [0, 0.05) is 0 Å². The van der Waals surface area contributed by atoms with Gasteiger partial charge in [0.15, 0.2) is 0 Å². The fourth-order valence-corrected chi connectivity index (χ4v) is 1.48. The molecular formula is C9H11NS. The quantitative estimate of drug-likeness (QED) is 0.670. The normalized spacial score (nSPS) is 10.6. The highest BCUT2D eigenvalue weighted by Gasteiger charge is 1.95. The first-order valence-electron chi connectivity index (χ1n) is 3.61. The Morgan fingerprint density at radius 1 is 1.73 bits per heavy atom. The van der Waals surface area contributed by atoms with Crippen molar-refractivity contribution < 1.29 is 0 Å². The molecule has 0 unspecified atom stereocenters. The molecule has 1 rings (SSSR count). The highest BCUT2D eigenvalue weighted by atomic mass is 32.1. The van der Waals surface area contributed by atoms with Gasteiger partial charge in [-0.2, -0.15) is 0 Å². The molecule has 1 aromatic rings. The Bertz CT molecular complexity index is 260. The summed E-state index contributed by atoms with van der Waals surface area (Å²) in [6.07, 6.45) is 7.06. The molecule has 0 bridgehead atoms. The van der Waals surface area contributed by atoms with Crippen LogP contribution in [-0.2, 0) is 0 Å². The Hall–Kier alpha value is -0.890. The highest BCUT2D eigenvalue weighted by Crippen LogP contribution is 2.16. The summed E-state index contributed by atoms with van der Waals surface area (Å²) >= 11 is 1.64. The summed E-state index contributed by atoms with van der Waals surface area (Å²) in [5, 5.41) is 0. The highest BCUT2D eigenvalue weighted by molar-refractivity contribution is 7.10. The number of rotatable bonds is 3. The molecule has 2 heteroatoms. The van der Waals surface area contributed by atoms with Crippen LogP contribution in [0.15, 0.2) is 18.2 Å². The molecule has 0 amide bonds. The lowest BCUT2D eigenvalue weighted by Crippen LogP contribution is -1.71. The van der Waals surface area contributed by atoms with E-state index in [0.29, 0.717) is 0 Å². The van der Waals surface area contributed by atoms with Crippen LogP contribution in [-0.4, -0.2) is 4.98 Å². The Morgan fingerprint density at radius 3 is 3.18 bits per heavy atom. The Labute approximate surface area is 71.1 Å². The van der Waals surface area contributed by atoms with E-state index < -0.39 is 0 Å². The van der Waals surface area contributed by atoms with Crippen LogP contribution in [0.5, 0.6) is 0 Å². The predicted octanol–water partition coefficient (Wildman–Crippen LogP) is 3.21. The van der Waals surface area contributed by atoms with Gasteiger partial charge in [0.05, 0.1) is 16.1 Å². The minimum absolute atomic E-state index is 0.986. The van der Waals surface area contributed by atoms with Crippen LogP contribution in [0.25, 0.3) is 12.2 Å². The molecule has 1 aromatic heterocycles. The number of hydrogen-bond donors (Lipinski definition) is 0. The predicted molar refractivity (Wildman–Crippen MR) is 51.5 cm³/mol. The molecular weight excluding hydrogens is 154 g/mol. The van der Waals surface area contributed by atoms with Crippen LogP contribution in [0.3, 0.4) is 0 Å². The second-order valence-electron chi connectivity index (χ2n) is 2.12. The zero-order valence-corrected chi connectivity index (χ0v) is 7.40. The summed E-state index contributed by atoms with van der Waals surface area (Å²) in [5.41, 5.74) is 2.83. The van der Waals surface area contributed by atoms with Crippen LogP contribution in [0.4, 0.5) is 0 Å². The lowest BCUT2D eigenvalue weighted by atomic mass is 10.3. The fraction of sp³-hybridized carbons (Fsp3) is 0.222. The van der Waals surface area contributed by atoms with E-state index in [0.717, 1.165) is 12.1 Å². The Morgan fingerprint density at radius 2 is 2.55 bits per heavy atom. The molecule has 0 fully saturated rings. The van der Waals surface area contributed by atoms with Crippen molar-refractivity contribution in [2.24, 2.45) is 0 Å². The van der Waals surface area contributed by atoms with Gasteiger partial charge >= 0.3 is 0 Å². The van der Waals surface area contributed by atoms with Crippen LogP contribution in [0, 0.1) is 0 Å². The Kier molecular flexibility index (Phi) is 3.05. The van der Waals surface area contributed by atoms with Crippen molar-refractivity contribution >= 4 is 23.5 Å². The van der Waals surface area contributed by atoms with Gasteiger partial charge in [0.1, 0.15) is 0 Å².